The molecule has 0 radical (unpaired) electrons. The van der Waals surface area contributed by atoms with Crippen LogP contribution in [0.2, 0.25) is 0 Å². The lowest BCUT2D eigenvalue weighted by atomic mass is 9.90. The topological polar surface area (TPSA) is 59.6 Å². The molecule has 3 rings (SSSR count). The van der Waals surface area contributed by atoms with E-state index in [1.54, 1.807) is 11.8 Å². The SMILES string of the molecule is CCOc1ccc2ccccc2c1C1NC(SC)NC(C)=C1C(=O)OC. The minimum absolute atomic E-state index is 0.0122. The van der Waals surface area contributed by atoms with Gasteiger partial charge < -0.3 is 14.8 Å². The van der Waals surface area contributed by atoms with Crippen molar-refractivity contribution in [3.05, 3.63) is 53.2 Å². The van der Waals surface area contributed by atoms with Gasteiger partial charge in [0.25, 0.3) is 0 Å². The van der Waals surface area contributed by atoms with Crippen molar-refractivity contribution in [3.63, 3.8) is 0 Å². The van der Waals surface area contributed by atoms with Crippen LogP contribution in [0.1, 0.15) is 25.5 Å². The number of fused-ring (bicyclic) bond motifs is 1. The summed E-state index contributed by atoms with van der Waals surface area (Å²) in [5.41, 5.74) is 2.34. The van der Waals surface area contributed by atoms with Crippen molar-refractivity contribution >= 4 is 28.5 Å². The van der Waals surface area contributed by atoms with Crippen molar-refractivity contribution < 1.29 is 14.3 Å². The number of carbonyl (C=O) groups excluding carboxylic acids is 1. The van der Waals surface area contributed by atoms with Gasteiger partial charge in [0.2, 0.25) is 0 Å². The highest BCUT2D eigenvalue weighted by atomic mass is 32.2. The molecule has 2 N–H and O–H groups in total. The summed E-state index contributed by atoms with van der Waals surface area (Å²) >= 11 is 1.64. The zero-order valence-electron chi connectivity index (χ0n) is 15.5. The van der Waals surface area contributed by atoms with E-state index in [1.807, 2.05) is 44.4 Å². The molecule has 0 aliphatic carbocycles. The highest BCUT2D eigenvalue weighted by molar-refractivity contribution is 7.99. The molecule has 1 heterocycles. The number of hydrogen-bond donors (Lipinski definition) is 2. The number of allylic oxidation sites excluding steroid dienone is 1. The van der Waals surface area contributed by atoms with Gasteiger partial charge in [0, 0.05) is 11.3 Å². The Labute approximate surface area is 158 Å². The molecule has 2 unspecified atom stereocenters. The summed E-state index contributed by atoms with van der Waals surface area (Å²) in [6.07, 6.45) is 2.02. The third kappa shape index (κ3) is 3.39. The number of rotatable bonds is 5. The van der Waals surface area contributed by atoms with E-state index in [9.17, 15) is 4.79 Å². The highest BCUT2D eigenvalue weighted by Crippen LogP contribution is 2.39. The zero-order chi connectivity index (χ0) is 18.7. The number of hydrogen-bond acceptors (Lipinski definition) is 6. The lowest BCUT2D eigenvalue weighted by molar-refractivity contribution is -0.136. The molecule has 5 nitrogen and oxygen atoms in total. The van der Waals surface area contributed by atoms with E-state index in [2.05, 4.69) is 22.8 Å². The Morgan fingerprint density at radius 2 is 2.00 bits per heavy atom. The Kier molecular flexibility index (Phi) is 5.74. The van der Waals surface area contributed by atoms with Crippen LogP contribution in [0, 0.1) is 0 Å². The van der Waals surface area contributed by atoms with Crippen molar-refractivity contribution in [2.24, 2.45) is 0 Å². The first kappa shape index (κ1) is 18.6. The molecular weight excluding hydrogens is 348 g/mol. The highest BCUT2D eigenvalue weighted by Gasteiger charge is 2.35. The van der Waals surface area contributed by atoms with Crippen LogP contribution in [0.5, 0.6) is 5.75 Å². The second-order valence-electron chi connectivity index (χ2n) is 6.02. The molecule has 26 heavy (non-hydrogen) atoms. The third-order valence-electron chi connectivity index (χ3n) is 4.52. The quantitative estimate of drug-likeness (QED) is 0.783. The molecular formula is C20H24N2O3S. The average Bonchev–Trinajstić information content (AvgIpc) is 2.66. The Morgan fingerprint density at radius 3 is 2.69 bits per heavy atom. The molecule has 0 saturated carbocycles. The number of thioether (sulfide) groups is 1. The van der Waals surface area contributed by atoms with E-state index >= 15 is 0 Å². The Hall–Kier alpha value is -2.18. The second kappa shape index (κ2) is 8.01. The van der Waals surface area contributed by atoms with Crippen LogP contribution in [0.3, 0.4) is 0 Å². The standard InChI is InChI=1S/C20H24N2O3S/c1-5-25-15-11-10-13-8-6-7-9-14(13)17(15)18-16(19(23)24-3)12(2)21-20(22-18)26-4/h6-11,18,20-22H,5H2,1-4H3. The van der Waals surface area contributed by atoms with Gasteiger partial charge in [0.1, 0.15) is 11.2 Å². The van der Waals surface area contributed by atoms with Gasteiger partial charge >= 0.3 is 5.97 Å². The summed E-state index contributed by atoms with van der Waals surface area (Å²) in [6, 6.07) is 11.8. The van der Waals surface area contributed by atoms with Crippen LogP contribution in [0.15, 0.2) is 47.7 Å². The van der Waals surface area contributed by atoms with Gasteiger partial charge in [-0.15, -0.1) is 11.8 Å². The van der Waals surface area contributed by atoms with Crippen molar-refractivity contribution in [3.8, 4) is 5.75 Å². The maximum atomic E-state index is 12.6. The van der Waals surface area contributed by atoms with Gasteiger partial charge in [-0.25, -0.2) is 4.79 Å². The van der Waals surface area contributed by atoms with E-state index in [-0.39, 0.29) is 17.5 Å². The van der Waals surface area contributed by atoms with Crippen LogP contribution in [-0.2, 0) is 9.53 Å². The predicted molar refractivity (Wildman–Crippen MR) is 106 cm³/mol. The van der Waals surface area contributed by atoms with Crippen LogP contribution in [0.25, 0.3) is 10.8 Å². The Bertz CT molecular complexity index is 850. The van der Waals surface area contributed by atoms with Gasteiger partial charge in [0.15, 0.2) is 0 Å². The van der Waals surface area contributed by atoms with Crippen LogP contribution >= 0.6 is 11.8 Å². The fourth-order valence-electron chi connectivity index (χ4n) is 3.36. The molecule has 138 valence electrons. The van der Waals surface area contributed by atoms with E-state index in [0.717, 1.165) is 27.8 Å². The van der Waals surface area contributed by atoms with Gasteiger partial charge in [-0.1, -0.05) is 30.3 Å². The van der Waals surface area contributed by atoms with E-state index in [1.165, 1.54) is 7.11 Å². The second-order valence-corrected chi connectivity index (χ2v) is 6.96. The van der Waals surface area contributed by atoms with Gasteiger partial charge in [-0.05, 0) is 36.9 Å². The summed E-state index contributed by atoms with van der Waals surface area (Å²) in [5.74, 6) is 0.432. The molecule has 0 bridgehead atoms. The largest absolute Gasteiger partial charge is 0.493 e. The molecule has 6 heteroatoms. The summed E-state index contributed by atoms with van der Waals surface area (Å²) in [5, 5.41) is 9.01. The molecule has 1 aliphatic rings. The minimum atomic E-state index is -0.345. The molecule has 2 atom stereocenters. The number of esters is 1. The Balaban J connectivity index is 2.25. The predicted octanol–water partition coefficient (Wildman–Crippen LogP) is 3.57. The van der Waals surface area contributed by atoms with Gasteiger partial charge in [-0.3, -0.25) is 5.32 Å². The maximum absolute atomic E-state index is 12.6. The van der Waals surface area contributed by atoms with Gasteiger partial charge in [0.05, 0.1) is 25.3 Å². The van der Waals surface area contributed by atoms with Crippen molar-refractivity contribution in [2.45, 2.75) is 25.4 Å². The lowest BCUT2D eigenvalue weighted by Gasteiger charge is -2.35. The fraction of sp³-hybridized carbons (Fsp3) is 0.350. The third-order valence-corrected chi connectivity index (χ3v) is 5.24. The van der Waals surface area contributed by atoms with E-state index < -0.39 is 0 Å². The zero-order valence-corrected chi connectivity index (χ0v) is 16.3. The summed E-state index contributed by atoms with van der Waals surface area (Å²) < 4.78 is 11.0. The summed E-state index contributed by atoms with van der Waals surface area (Å²) in [6.45, 7) is 4.43. The van der Waals surface area contributed by atoms with Gasteiger partial charge in [-0.2, -0.15) is 0 Å². The molecule has 0 amide bonds. The molecule has 0 spiro atoms. The van der Waals surface area contributed by atoms with Crippen LogP contribution in [0.4, 0.5) is 0 Å². The van der Waals surface area contributed by atoms with Crippen LogP contribution < -0.4 is 15.4 Å². The molecule has 0 aromatic heterocycles. The van der Waals surface area contributed by atoms with Crippen molar-refractivity contribution in [1.29, 1.82) is 0 Å². The fourth-order valence-corrected chi connectivity index (χ4v) is 3.92. The first-order valence-electron chi connectivity index (χ1n) is 8.59. The van der Waals surface area contributed by atoms with Crippen molar-refractivity contribution in [2.75, 3.05) is 20.0 Å². The first-order chi connectivity index (χ1) is 12.6. The smallest absolute Gasteiger partial charge is 0.337 e. The summed E-state index contributed by atoms with van der Waals surface area (Å²) in [7, 11) is 1.41. The lowest BCUT2D eigenvalue weighted by Crippen LogP contribution is -2.48. The molecule has 0 fully saturated rings. The maximum Gasteiger partial charge on any atom is 0.337 e. The number of benzene rings is 2. The molecule has 0 saturated heterocycles. The average molecular weight is 372 g/mol. The first-order valence-corrected chi connectivity index (χ1v) is 9.88. The molecule has 2 aromatic rings. The number of methoxy groups -OCH3 is 1. The summed E-state index contributed by atoms with van der Waals surface area (Å²) in [4.78, 5) is 12.6. The van der Waals surface area contributed by atoms with Crippen LogP contribution in [-0.4, -0.2) is 31.4 Å². The molecule has 1 aliphatic heterocycles. The number of ether oxygens (including phenoxy) is 2. The minimum Gasteiger partial charge on any atom is -0.493 e. The molecule has 2 aromatic carbocycles. The number of carbonyl (C=O) groups is 1. The van der Waals surface area contributed by atoms with Crippen molar-refractivity contribution in [1.82, 2.24) is 10.6 Å². The monoisotopic (exact) mass is 372 g/mol. The van der Waals surface area contributed by atoms with E-state index in [0.29, 0.717) is 12.2 Å². The van der Waals surface area contributed by atoms with E-state index in [4.69, 9.17) is 9.47 Å². The normalized spacial score (nSPS) is 20.0. The number of nitrogens with one attached hydrogen (secondary N) is 2. The Morgan fingerprint density at radius 1 is 1.23 bits per heavy atom.